The fourth-order valence-corrected chi connectivity index (χ4v) is 19.1. The third kappa shape index (κ3) is 25.0. The van der Waals surface area contributed by atoms with Crippen LogP contribution in [0.4, 0.5) is 28.7 Å². The van der Waals surface area contributed by atoms with Crippen molar-refractivity contribution in [2.45, 2.75) is 110 Å². The van der Waals surface area contributed by atoms with Gasteiger partial charge in [-0.1, -0.05) is 208 Å². The van der Waals surface area contributed by atoms with E-state index in [-0.39, 0.29) is 104 Å². The van der Waals surface area contributed by atoms with Crippen molar-refractivity contribution in [1.82, 2.24) is 39.9 Å². The number of phenolic OH excluding ortho intramolecular Hbond substituents is 4. The van der Waals surface area contributed by atoms with E-state index in [1.54, 1.807) is 146 Å². The van der Waals surface area contributed by atoms with Crippen molar-refractivity contribution in [3.05, 3.63) is 307 Å². The highest BCUT2D eigenvalue weighted by atomic mass is 35.5. The standard InChI is InChI=1S/C27H29ClN4O3S.C26H28ClN5O3S.2C17H11Cl2N3O2S.C7H6O3/c1-17-26(29)27(16-35-17)9-11-32(12-10-27)23-14-31-24(15-30-23)36-22-8-4-5-18(25(22)28)13-21(34)19-6-2-3-7-20(19)33;1-16-24(28)26(15-35-16)9-11-32(12-10-26)21-13-30-22(14-29-21)36-20-8-4-6-18(23(20)27)31-25(34)17-5-2-3-7-19(17)33;2*18-14-8-21-15(9-20-14)25-13-7-3-5-11(16(13)19)22-17(24)10-4-1-2-6-12(10)23;8-6-4-2-1-3-5(6)7(9)10/h2-8,14-15,17,26,33H,9-13,16,29H2,1H3;2-8,13-14,16,24,33H,9-12,15,28H2,1H3,(H,31,34);2*1-9,23H,(H,22,24);1-4,8H,(H,9,10)/t17-,26+;16-,24+;;;/m00.../s1. The second kappa shape index (κ2) is 45.7. The van der Waals surface area contributed by atoms with Gasteiger partial charge in [0, 0.05) is 75.1 Å². The number of aromatic hydroxyl groups is 5. The van der Waals surface area contributed by atoms with Gasteiger partial charge in [0.05, 0.1) is 134 Å². The SMILES string of the molecule is C[C@@H]1OCC2(CCN(c3cnc(Sc4cccc(CC(=O)c5ccccc5O)c4Cl)cn3)CC2)[C@@H]1N.C[C@@H]1OCC2(CCN(c3cnc(Sc4cccc(NC(=O)c5ccccc5O)c4Cl)cn3)CC2)[C@@H]1N.O=C(Nc1cccc(Sc2cnc(Cl)cn2)c1Cl)c1ccccc1O.O=C(Nc1cccc(Sc2cnc(Cl)cn2)c1Cl)c1ccccc1O.O=C(O)c1ccccc1O. The number of ketones is 1. The lowest BCUT2D eigenvalue weighted by molar-refractivity contribution is 0.0692. The number of nitrogens with one attached hydrogen (secondary N) is 3. The topological polar surface area (TPSA) is 423 Å². The Morgan fingerprint density at radius 1 is 0.379 bits per heavy atom. The lowest BCUT2D eigenvalue weighted by Gasteiger charge is -2.41. The van der Waals surface area contributed by atoms with Crippen LogP contribution in [-0.2, 0) is 15.9 Å². The molecule has 4 aliphatic heterocycles. The quantitative estimate of drug-likeness (QED) is 0.0316. The number of hydrogen-bond donors (Lipinski definition) is 11. The minimum absolute atomic E-state index is 0.0302. The van der Waals surface area contributed by atoms with Crippen molar-refractivity contribution in [2.24, 2.45) is 22.3 Å². The Morgan fingerprint density at radius 3 is 0.955 bits per heavy atom. The Hall–Kier alpha value is -11.6. The molecule has 0 radical (unpaired) electrons. The molecule has 0 bridgehead atoms. The Morgan fingerprint density at radius 2 is 0.674 bits per heavy atom. The molecule has 3 amide bonds. The van der Waals surface area contributed by atoms with Crippen molar-refractivity contribution < 1.29 is 64.1 Å². The van der Waals surface area contributed by atoms with Crippen LogP contribution < -0.4 is 37.2 Å². The summed E-state index contributed by atoms with van der Waals surface area (Å²) in [5.74, 6) is -1.48. The number of aromatic carboxylic acids is 1. The average molecular weight is 1970 g/mol. The largest absolute Gasteiger partial charge is 0.507 e. The number of amides is 3. The van der Waals surface area contributed by atoms with Gasteiger partial charge < -0.3 is 77.3 Å². The van der Waals surface area contributed by atoms with Crippen LogP contribution in [0.25, 0.3) is 0 Å². The second-order valence-electron chi connectivity index (χ2n) is 30.4. The number of anilines is 5. The van der Waals surface area contributed by atoms with Crippen molar-refractivity contribution >= 4 is 175 Å². The number of Topliss-reactive ketones (excluding diaryl/α,β-unsaturated/α-hetero) is 1. The summed E-state index contributed by atoms with van der Waals surface area (Å²) in [5, 5.41) is 69.8. The highest BCUT2D eigenvalue weighted by Crippen LogP contribution is 2.46. The summed E-state index contributed by atoms with van der Waals surface area (Å²) in [6.45, 7) is 9.08. The highest BCUT2D eigenvalue weighted by molar-refractivity contribution is 8.00. The summed E-state index contributed by atoms with van der Waals surface area (Å²) in [4.78, 5) is 102. The normalized spacial score (nSPS) is 16.2. The number of ether oxygens (including phenoxy) is 2. The maximum Gasteiger partial charge on any atom is 0.339 e. The van der Waals surface area contributed by atoms with Crippen molar-refractivity contribution in [3.63, 3.8) is 0 Å². The van der Waals surface area contributed by atoms with E-state index < -0.39 is 23.7 Å². The van der Waals surface area contributed by atoms with Crippen LogP contribution in [0.5, 0.6) is 28.7 Å². The van der Waals surface area contributed by atoms with Gasteiger partial charge in [0.2, 0.25) is 0 Å². The number of aromatic nitrogens is 8. The van der Waals surface area contributed by atoms with E-state index in [0.717, 1.165) is 91.5 Å². The first kappa shape index (κ1) is 97.9. The fourth-order valence-electron chi connectivity index (χ4n) is 14.5. The second-order valence-corrected chi connectivity index (χ2v) is 36.9. The maximum atomic E-state index is 12.7. The van der Waals surface area contributed by atoms with Gasteiger partial charge in [-0.05, 0) is 148 Å². The number of carboxylic acid groups (broad SMARTS) is 1. The molecule has 4 atom stereocenters. The Labute approximate surface area is 806 Å². The number of halogens is 6. The number of phenols is 5. The van der Waals surface area contributed by atoms with E-state index in [0.29, 0.717) is 77.9 Å². The zero-order chi connectivity index (χ0) is 93.8. The first-order valence-electron chi connectivity index (χ1n) is 40.8. The highest BCUT2D eigenvalue weighted by Gasteiger charge is 2.49. The van der Waals surface area contributed by atoms with Gasteiger partial charge in [-0.15, -0.1) is 0 Å². The minimum atomic E-state index is -1.11. The van der Waals surface area contributed by atoms with Gasteiger partial charge in [-0.2, -0.15) is 0 Å². The first-order chi connectivity index (χ1) is 63.5. The number of nitrogens with two attached hydrogens (primary N) is 2. The van der Waals surface area contributed by atoms with Crippen LogP contribution in [0.2, 0.25) is 30.4 Å². The molecule has 28 nitrogen and oxygen atoms in total. The first-order valence-corrected chi connectivity index (χ1v) is 46.3. The molecule has 13 N–H and O–H groups in total. The molecule has 4 fully saturated rings. The van der Waals surface area contributed by atoms with E-state index in [2.05, 4.69) is 79.5 Å². The van der Waals surface area contributed by atoms with Gasteiger partial charge in [0.15, 0.2) is 5.78 Å². The summed E-state index contributed by atoms with van der Waals surface area (Å²) in [5.41, 5.74) is 15.7. The van der Waals surface area contributed by atoms with Gasteiger partial charge in [0.1, 0.15) is 76.4 Å². The molecule has 4 saturated heterocycles. The summed E-state index contributed by atoms with van der Waals surface area (Å²) >= 11 is 42.8. The number of carbonyl (C=O) groups excluding carboxylic acids is 4. The van der Waals surface area contributed by atoms with Crippen LogP contribution in [0, 0.1) is 10.8 Å². The summed E-state index contributed by atoms with van der Waals surface area (Å²) in [7, 11) is 0. The summed E-state index contributed by atoms with van der Waals surface area (Å²) in [6.07, 6.45) is 17.3. The molecule has 38 heteroatoms. The molecule has 4 aromatic heterocycles. The van der Waals surface area contributed by atoms with E-state index in [4.69, 9.17) is 101 Å². The number of piperidine rings is 2. The summed E-state index contributed by atoms with van der Waals surface area (Å²) < 4.78 is 11.6. The van der Waals surface area contributed by atoms with E-state index in [9.17, 15) is 44.4 Å². The molecule has 8 heterocycles. The smallest absolute Gasteiger partial charge is 0.339 e. The van der Waals surface area contributed by atoms with Crippen LogP contribution in [0.1, 0.15) is 96.9 Å². The third-order valence-electron chi connectivity index (χ3n) is 22.0. The Balaban J connectivity index is 0.000000146. The molecule has 0 saturated carbocycles. The summed E-state index contributed by atoms with van der Waals surface area (Å²) in [6, 6.07) is 52.9. The zero-order valence-electron chi connectivity index (χ0n) is 70.3. The van der Waals surface area contributed by atoms with E-state index in [1.165, 1.54) is 120 Å². The molecule has 132 heavy (non-hydrogen) atoms. The van der Waals surface area contributed by atoms with Crippen LogP contribution in [-0.4, -0.2) is 164 Å². The van der Waals surface area contributed by atoms with Crippen molar-refractivity contribution in [2.75, 3.05) is 65.1 Å². The van der Waals surface area contributed by atoms with Crippen LogP contribution in [0.3, 0.4) is 0 Å². The van der Waals surface area contributed by atoms with Gasteiger partial charge in [-0.25, -0.2) is 44.7 Å². The van der Waals surface area contributed by atoms with Crippen molar-refractivity contribution in [3.8, 4) is 28.7 Å². The molecule has 0 aliphatic carbocycles. The number of para-hydroxylation sites is 5. The molecular formula is C94H85Cl6N15O13S4. The number of nitrogens with zero attached hydrogens (tertiary/aromatic N) is 10. The maximum absolute atomic E-state index is 12.7. The van der Waals surface area contributed by atoms with Gasteiger partial charge >= 0.3 is 5.97 Å². The predicted octanol–water partition coefficient (Wildman–Crippen LogP) is 20.2. The molecule has 13 aromatic rings. The lowest BCUT2D eigenvalue weighted by atomic mass is 9.73. The molecule has 4 aliphatic rings. The number of carbonyl (C=O) groups is 5. The molecule has 9 aromatic carbocycles. The minimum Gasteiger partial charge on any atom is -0.507 e. The van der Waals surface area contributed by atoms with Crippen molar-refractivity contribution in [1.29, 1.82) is 0 Å². The van der Waals surface area contributed by atoms with E-state index in [1.807, 2.05) is 24.3 Å². The zero-order valence-corrected chi connectivity index (χ0v) is 78.1. The lowest BCUT2D eigenvalue weighted by Crippen LogP contribution is -2.50. The third-order valence-corrected chi connectivity index (χ3v) is 28.4. The number of rotatable bonds is 20. The molecule has 680 valence electrons. The fraction of sp³-hybridized carbons (Fsp3) is 0.202. The number of hydrogen-bond acceptors (Lipinski definition) is 28. The molecular weight excluding hydrogens is 1890 g/mol. The average Bonchev–Trinajstić information content (AvgIpc) is 1.62. The monoisotopic (exact) mass is 1970 g/mol. The molecule has 2 spiro atoms. The number of carboxylic acids is 1. The van der Waals surface area contributed by atoms with Crippen LogP contribution in [0.15, 0.2) is 283 Å². The Bertz CT molecular complexity index is 5920. The Kier molecular flexibility index (Phi) is 33.9. The predicted molar refractivity (Wildman–Crippen MR) is 514 cm³/mol. The van der Waals surface area contributed by atoms with Gasteiger partial charge in [-0.3, -0.25) is 19.2 Å². The number of benzene rings is 9. The molecule has 17 rings (SSSR count). The van der Waals surface area contributed by atoms with Gasteiger partial charge in [0.25, 0.3) is 17.7 Å². The van der Waals surface area contributed by atoms with Crippen LogP contribution >= 0.6 is 117 Å². The molecule has 0 unspecified atom stereocenters. The van der Waals surface area contributed by atoms with E-state index >= 15 is 0 Å².